The molecule has 0 radical (unpaired) electrons. The summed E-state index contributed by atoms with van der Waals surface area (Å²) in [5.41, 5.74) is 4.45. The van der Waals surface area contributed by atoms with Gasteiger partial charge in [0.15, 0.2) is 0 Å². The van der Waals surface area contributed by atoms with E-state index in [4.69, 9.17) is 0 Å². The fourth-order valence-electron chi connectivity index (χ4n) is 2.23. The van der Waals surface area contributed by atoms with Gasteiger partial charge in [0.05, 0.1) is 0 Å². The predicted octanol–water partition coefficient (Wildman–Crippen LogP) is 7.48. The quantitative estimate of drug-likeness (QED) is 0.423. The van der Waals surface area contributed by atoms with Crippen LogP contribution in [0.4, 0.5) is 0 Å². The number of hydrogen-bond donors (Lipinski definition) is 0. The van der Waals surface area contributed by atoms with Crippen LogP contribution in [0.1, 0.15) is 87.5 Å². The average Bonchev–Trinajstić information content (AvgIpc) is 2.37. The molecule has 0 amide bonds. The monoisotopic (exact) mass is 278 g/mol. The van der Waals surface area contributed by atoms with Crippen molar-refractivity contribution in [2.24, 2.45) is 5.41 Å². The minimum absolute atomic E-state index is 0.601. The van der Waals surface area contributed by atoms with Crippen molar-refractivity contribution in [3.8, 4) is 0 Å². The summed E-state index contributed by atoms with van der Waals surface area (Å²) < 4.78 is 0. The van der Waals surface area contributed by atoms with Crippen LogP contribution in [0.2, 0.25) is 0 Å². The van der Waals surface area contributed by atoms with Gasteiger partial charge in [-0.1, -0.05) is 77.3 Å². The molecule has 0 heterocycles. The van der Waals surface area contributed by atoms with Crippen LogP contribution >= 0.6 is 0 Å². The van der Waals surface area contributed by atoms with Gasteiger partial charge in [0.2, 0.25) is 0 Å². The smallest absolute Gasteiger partial charge is 0.0313 e. The van der Waals surface area contributed by atoms with Crippen LogP contribution in [0.25, 0.3) is 0 Å². The Morgan fingerprint density at radius 2 is 1.40 bits per heavy atom. The van der Waals surface area contributed by atoms with Gasteiger partial charge in [-0.2, -0.15) is 0 Å². The highest BCUT2D eigenvalue weighted by atomic mass is 14.2. The maximum atomic E-state index is 3.93. The van der Waals surface area contributed by atoms with Gasteiger partial charge in [-0.05, 0) is 51.0 Å². The zero-order valence-corrected chi connectivity index (χ0v) is 15.4. The van der Waals surface area contributed by atoms with Gasteiger partial charge in [-0.15, -0.1) is 0 Å². The lowest BCUT2D eigenvalue weighted by atomic mass is 9.84. The molecule has 0 N–H and O–H groups in total. The van der Waals surface area contributed by atoms with E-state index in [9.17, 15) is 0 Å². The third kappa shape index (κ3) is 12.3. The van der Waals surface area contributed by atoms with E-state index in [1.807, 2.05) is 0 Å². The van der Waals surface area contributed by atoms with Crippen molar-refractivity contribution in [1.82, 2.24) is 0 Å². The molecule has 0 atom stereocenters. The molecule has 0 bridgehead atoms. The van der Waals surface area contributed by atoms with E-state index in [2.05, 4.69) is 74.1 Å². The Kier molecular flexibility index (Phi) is 12.9. The molecule has 0 unspecified atom stereocenters. The minimum atomic E-state index is 0.601. The molecule has 0 saturated heterocycles. The SMILES string of the molecule is C=C(/C=C(C)\C(C)=C/C)CC.CCCC(C)(C)CCC. The Morgan fingerprint density at radius 3 is 1.70 bits per heavy atom. The van der Waals surface area contributed by atoms with Crippen molar-refractivity contribution in [2.45, 2.75) is 87.5 Å². The molecule has 0 saturated carbocycles. The lowest BCUT2D eigenvalue weighted by Crippen LogP contribution is -2.09. The summed E-state index contributed by atoms with van der Waals surface area (Å²) >= 11 is 0. The number of rotatable bonds is 7. The first kappa shape index (κ1) is 21.5. The molecule has 0 spiro atoms. The van der Waals surface area contributed by atoms with Gasteiger partial charge in [0.25, 0.3) is 0 Å². The molecule has 118 valence electrons. The topological polar surface area (TPSA) is 0 Å². The molecule has 0 nitrogen and oxygen atoms in total. The first-order chi connectivity index (χ1) is 9.23. The van der Waals surface area contributed by atoms with Crippen molar-refractivity contribution < 1.29 is 0 Å². The molecule has 0 aromatic rings. The maximum Gasteiger partial charge on any atom is -0.0313 e. The molecule has 20 heavy (non-hydrogen) atoms. The highest BCUT2D eigenvalue weighted by molar-refractivity contribution is 5.32. The van der Waals surface area contributed by atoms with E-state index in [1.165, 1.54) is 42.4 Å². The van der Waals surface area contributed by atoms with E-state index < -0.39 is 0 Å². The van der Waals surface area contributed by atoms with Crippen LogP contribution in [0.5, 0.6) is 0 Å². The molecule has 0 rings (SSSR count). The highest BCUT2D eigenvalue weighted by Gasteiger charge is 2.13. The molecule has 0 fully saturated rings. The molecule has 0 heteroatoms. The van der Waals surface area contributed by atoms with Gasteiger partial charge >= 0.3 is 0 Å². The summed E-state index contributed by atoms with van der Waals surface area (Å²) in [5.74, 6) is 0. The number of allylic oxidation sites excluding steroid dienone is 5. The van der Waals surface area contributed by atoms with Crippen molar-refractivity contribution in [3.63, 3.8) is 0 Å². The van der Waals surface area contributed by atoms with E-state index in [1.54, 1.807) is 0 Å². The van der Waals surface area contributed by atoms with Gasteiger partial charge in [0.1, 0.15) is 0 Å². The van der Waals surface area contributed by atoms with E-state index in [0.29, 0.717) is 5.41 Å². The Bertz CT molecular complexity index is 305. The van der Waals surface area contributed by atoms with Crippen LogP contribution in [-0.4, -0.2) is 0 Å². The Labute approximate surface area is 129 Å². The summed E-state index contributed by atoms with van der Waals surface area (Å²) in [6.07, 6.45) is 10.7. The molecule has 0 aliphatic rings. The summed E-state index contributed by atoms with van der Waals surface area (Å²) in [7, 11) is 0. The Hall–Kier alpha value is -0.780. The Balaban J connectivity index is 0. The van der Waals surface area contributed by atoms with Crippen molar-refractivity contribution in [1.29, 1.82) is 0 Å². The minimum Gasteiger partial charge on any atom is -0.0958 e. The third-order valence-electron chi connectivity index (χ3n) is 3.78. The molecular formula is C20H38. The van der Waals surface area contributed by atoms with Gasteiger partial charge in [-0.3, -0.25) is 0 Å². The van der Waals surface area contributed by atoms with E-state index in [-0.39, 0.29) is 0 Å². The predicted molar refractivity (Wildman–Crippen MR) is 96.2 cm³/mol. The summed E-state index contributed by atoms with van der Waals surface area (Å²) in [6, 6.07) is 0. The van der Waals surface area contributed by atoms with Crippen molar-refractivity contribution in [3.05, 3.63) is 35.5 Å². The van der Waals surface area contributed by atoms with Crippen LogP contribution in [0.3, 0.4) is 0 Å². The van der Waals surface area contributed by atoms with E-state index >= 15 is 0 Å². The first-order valence-electron chi connectivity index (χ1n) is 8.23. The Morgan fingerprint density at radius 1 is 0.950 bits per heavy atom. The average molecular weight is 279 g/mol. The molecule has 0 aliphatic carbocycles. The number of hydrogen-bond acceptors (Lipinski definition) is 0. The lowest BCUT2D eigenvalue weighted by Gasteiger charge is -2.22. The lowest BCUT2D eigenvalue weighted by molar-refractivity contribution is 0.301. The first-order valence-corrected chi connectivity index (χ1v) is 8.23. The van der Waals surface area contributed by atoms with Crippen LogP contribution < -0.4 is 0 Å². The third-order valence-corrected chi connectivity index (χ3v) is 3.78. The van der Waals surface area contributed by atoms with Crippen molar-refractivity contribution >= 4 is 0 Å². The summed E-state index contributed by atoms with van der Waals surface area (Å²) in [5, 5.41) is 0. The molecule has 0 aromatic heterocycles. The second-order valence-corrected chi connectivity index (χ2v) is 6.48. The van der Waals surface area contributed by atoms with Crippen LogP contribution in [0.15, 0.2) is 35.5 Å². The van der Waals surface area contributed by atoms with Crippen LogP contribution in [0, 0.1) is 5.41 Å². The zero-order valence-electron chi connectivity index (χ0n) is 15.4. The van der Waals surface area contributed by atoms with Gasteiger partial charge < -0.3 is 0 Å². The molecule has 0 aromatic carbocycles. The fraction of sp³-hybridized carbons (Fsp3) is 0.700. The normalized spacial score (nSPS) is 12.8. The zero-order chi connectivity index (χ0) is 16.2. The highest BCUT2D eigenvalue weighted by Crippen LogP contribution is 2.27. The molecule has 0 aliphatic heterocycles. The largest absolute Gasteiger partial charge is 0.0958 e. The standard InChI is InChI=1S/C11H18.C9H20/c1-6-9(3)8-11(5)10(4)7-2;1-5-7-9(3,4)8-6-2/h7-8H,3,6H2,1-2,4-5H3;5-8H2,1-4H3/b10-7-,11-8-;. The van der Waals surface area contributed by atoms with Gasteiger partial charge in [0, 0.05) is 0 Å². The second kappa shape index (κ2) is 12.0. The van der Waals surface area contributed by atoms with E-state index in [0.717, 1.165) is 6.42 Å². The second-order valence-electron chi connectivity index (χ2n) is 6.48. The molecular weight excluding hydrogens is 240 g/mol. The summed E-state index contributed by atoms with van der Waals surface area (Å²) in [6.45, 7) is 21.6. The van der Waals surface area contributed by atoms with Gasteiger partial charge in [-0.25, -0.2) is 0 Å². The fourth-order valence-corrected chi connectivity index (χ4v) is 2.23. The summed E-state index contributed by atoms with van der Waals surface area (Å²) in [4.78, 5) is 0. The van der Waals surface area contributed by atoms with Crippen molar-refractivity contribution in [2.75, 3.05) is 0 Å². The van der Waals surface area contributed by atoms with Crippen LogP contribution in [-0.2, 0) is 0 Å². The maximum absolute atomic E-state index is 3.93.